The van der Waals surface area contributed by atoms with Gasteiger partial charge >= 0.3 is 0 Å². The van der Waals surface area contributed by atoms with Gasteiger partial charge in [-0.05, 0) is 36.9 Å². The van der Waals surface area contributed by atoms with Crippen molar-refractivity contribution in [3.8, 4) is 0 Å². The van der Waals surface area contributed by atoms with E-state index in [2.05, 4.69) is 25.6 Å². The molecule has 194 valence electrons. The normalized spacial score (nSPS) is 34.9. The third kappa shape index (κ3) is 4.92. The Labute approximate surface area is 220 Å². The third-order valence-electron chi connectivity index (χ3n) is 6.27. The van der Waals surface area contributed by atoms with E-state index in [9.17, 15) is 14.6 Å². The van der Waals surface area contributed by atoms with Crippen molar-refractivity contribution in [1.82, 2.24) is 25.0 Å². The van der Waals surface area contributed by atoms with E-state index in [-0.39, 0.29) is 53.8 Å². The maximum absolute atomic E-state index is 14.3. The Balaban J connectivity index is 1.55. The lowest BCUT2D eigenvalue weighted by molar-refractivity contribution is -0.0629. The van der Waals surface area contributed by atoms with E-state index in [1.54, 1.807) is 13.0 Å². The van der Waals surface area contributed by atoms with E-state index in [1.807, 2.05) is 0 Å². The number of ether oxygens (including phenoxy) is 1. The van der Waals surface area contributed by atoms with Crippen LogP contribution in [-0.4, -0.2) is 83.5 Å². The number of hydrogen-bond donors (Lipinski definition) is 4. The first-order valence-electron chi connectivity index (χ1n) is 14.5. The van der Waals surface area contributed by atoms with Crippen LogP contribution in [0.5, 0.6) is 0 Å². The summed E-state index contributed by atoms with van der Waals surface area (Å²) < 4.78 is 71.1. The molecule has 2 fully saturated rings. The van der Waals surface area contributed by atoms with E-state index in [4.69, 9.17) is 18.1 Å². The number of aryl methyl sites for hydroxylation is 1. The smallest absolute Gasteiger partial charge is 0.191 e. The van der Waals surface area contributed by atoms with Gasteiger partial charge in [-0.25, -0.2) is 19.0 Å². The number of fused-ring (bicyclic) bond motifs is 1. The summed E-state index contributed by atoms with van der Waals surface area (Å²) in [5, 5.41) is 41.3. The van der Waals surface area contributed by atoms with Gasteiger partial charge in [-0.3, -0.25) is 0 Å². The van der Waals surface area contributed by atoms with Gasteiger partial charge in [-0.2, -0.15) is 0 Å². The van der Waals surface area contributed by atoms with Gasteiger partial charge in [0.2, 0.25) is 0 Å². The Bertz CT molecular complexity index is 1500. The van der Waals surface area contributed by atoms with Crippen molar-refractivity contribution >= 4 is 28.7 Å². The molecular formula is C24H31FN6O4S. The Kier molecular flexibility index (Phi) is 5.51. The van der Waals surface area contributed by atoms with Crippen LogP contribution in [0.2, 0.25) is 0 Å². The van der Waals surface area contributed by atoms with E-state index < -0.39 is 54.2 Å². The topological polar surface area (TPSA) is 138 Å². The number of aliphatic hydroxyl groups is 3. The number of hydrogen-bond acceptors (Lipinski definition) is 10. The van der Waals surface area contributed by atoms with Crippen LogP contribution in [0.15, 0.2) is 23.4 Å². The Morgan fingerprint density at radius 2 is 2.14 bits per heavy atom. The van der Waals surface area contributed by atoms with E-state index in [1.165, 1.54) is 16.8 Å². The number of rotatable bonds is 10. The van der Waals surface area contributed by atoms with Crippen molar-refractivity contribution in [3.05, 3.63) is 35.1 Å². The zero-order valence-electron chi connectivity index (χ0n) is 25.6. The van der Waals surface area contributed by atoms with Crippen LogP contribution < -0.4 is 5.32 Å². The van der Waals surface area contributed by atoms with Crippen LogP contribution in [-0.2, 0) is 4.74 Å². The minimum Gasteiger partial charge on any atom is -0.394 e. The van der Waals surface area contributed by atoms with Crippen molar-refractivity contribution in [1.29, 1.82) is 0 Å². The molecule has 2 aliphatic carbocycles. The molecule has 0 amide bonds. The molecular weight excluding hydrogens is 487 g/mol. The zero-order valence-corrected chi connectivity index (χ0v) is 20.5. The first kappa shape index (κ1) is 18.8. The molecule has 2 aliphatic rings. The lowest BCUT2D eigenvalue weighted by Crippen LogP contribution is -2.33. The van der Waals surface area contributed by atoms with Crippen molar-refractivity contribution in [2.45, 2.75) is 74.5 Å². The molecule has 0 radical (unpaired) electrons. The Morgan fingerprint density at radius 3 is 2.89 bits per heavy atom. The van der Waals surface area contributed by atoms with Gasteiger partial charge in [-0.1, -0.05) is 36.0 Å². The fourth-order valence-corrected chi connectivity index (χ4v) is 4.76. The summed E-state index contributed by atoms with van der Waals surface area (Å²) in [7, 11) is 0. The van der Waals surface area contributed by atoms with Crippen molar-refractivity contribution in [2.75, 3.05) is 24.2 Å². The molecule has 2 saturated carbocycles. The highest BCUT2D eigenvalue weighted by atomic mass is 32.2. The average molecular weight is 525 g/mol. The van der Waals surface area contributed by atoms with Crippen LogP contribution >= 0.6 is 11.8 Å². The molecule has 0 aliphatic heterocycles. The molecule has 6 atom stereocenters. The minimum absolute atomic E-state index is 0.00253. The van der Waals surface area contributed by atoms with Crippen LogP contribution in [0.4, 0.5) is 10.2 Å². The van der Waals surface area contributed by atoms with Gasteiger partial charge in [0.1, 0.15) is 18.0 Å². The average Bonchev–Trinajstić information content (AvgIpc) is 3.14. The highest BCUT2D eigenvalue weighted by molar-refractivity contribution is 7.99. The third-order valence-corrected chi connectivity index (χ3v) is 6.94. The van der Waals surface area contributed by atoms with E-state index >= 15 is 0 Å². The maximum atomic E-state index is 14.3. The summed E-state index contributed by atoms with van der Waals surface area (Å²) >= 11 is 0.401. The van der Waals surface area contributed by atoms with Gasteiger partial charge in [0.15, 0.2) is 22.1 Å². The summed E-state index contributed by atoms with van der Waals surface area (Å²) in [6, 6.07) is 1.75. The molecule has 1 aromatic carbocycles. The molecule has 3 aromatic rings. The van der Waals surface area contributed by atoms with Crippen LogP contribution in [0.25, 0.3) is 11.2 Å². The Morgan fingerprint density at radius 1 is 1.31 bits per heavy atom. The fraction of sp³-hybridized carbons (Fsp3) is 0.583. The summed E-state index contributed by atoms with van der Waals surface area (Å²) in [6.45, 7) is 2.32. The molecule has 4 N–H and O–H groups in total. The number of halogens is 1. The standard InChI is InChI=1S/C24H31FN6O4S/c1-3-8-36-24-27-22(26-16-10-14(16)13-5-4-12(2)15(25)9-13)19-23(28-24)31(30-29-19)17-11-18(35-7-6-32)21(34)20(17)33/h4-5,9,14,16-18,20-21,32-34H,3,6-8,10-11H2,1-2H3,(H,26,27,28)/t14-,16+,17+,18-,20-,21+/m0/s1/i3D2,8D2,14D,16D. The molecule has 0 saturated heterocycles. The first-order chi connectivity index (χ1) is 19.5. The largest absolute Gasteiger partial charge is 0.394 e. The number of nitrogens with one attached hydrogen (secondary N) is 1. The maximum Gasteiger partial charge on any atom is 0.191 e. The summed E-state index contributed by atoms with van der Waals surface area (Å²) in [5.41, 5.74) is -1.78. The molecule has 36 heavy (non-hydrogen) atoms. The number of anilines is 1. The van der Waals surface area contributed by atoms with Gasteiger partial charge in [-0.15, -0.1) is 5.10 Å². The molecule has 0 unspecified atom stereocenters. The van der Waals surface area contributed by atoms with Crippen LogP contribution in [0.3, 0.4) is 0 Å². The fourth-order valence-electron chi connectivity index (χ4n) is 4.29. The van der Waals surface area contributed by atoms with E-state index in [0.717, 1.165) is 6.92 Å². The molecule has 0 bridgehead atoms. The SMILES string of the molecule is [2H]C([2H])(C)C([2H])([2H])Sc1nc(N[C@]2([2H])C[C@@]2([2H])c2ccc(C)c(F)c2)c2nnn([C@@H]3C[C@H](OCCO)[C@@H](O)[C@H]3O)c2n1. The lowest BCUT2D eigenvalue weighted by Gasteiger charge is -2.17. The van der Waals surface area contributed by atoms with Gasteiger partial charge in [0.25, 0.3) is 0 Å². The Hall–Kier alpha value is -2.38. The van der Waals surface area contributed by atoms with Crippen LogP contribution in [0, 0.1) is 12.7 Å². The van der Waals surface area contributed by atoms with Crippen LogP contribution in [0.1, 0.15) is 57.4 Å². The summed E-state index contributed by atoms with van der Waals surface area (Å²) in [6.07, 6.45) is -5.76. The first-order valence-corrected chi connectivity index (χ1v) is 12.3. The molecule has 10 nitrogen and oxygen atoms in total. The molecule has 0 spiro atoms. The zero-order chi connectivity index (χ0) is 30.8. The molecule has 2 heterocycles. The number of aliphatic hydroxyl groups excluding tert-OH is 3. The number of benzene rings is 1. The highest BCUT2D eigenvalue weighted by Gasteiger charge is 2.45. The second-order valence-corrected chi connectivity index (χ2v) is 9.43. The quantitative estimate of drug-likeness (QED) is 0.231. The molecule has 12 heteroatoms. The minimum atomic E-state index is -2.49. The van der Waals surface area contributed by atoms with E-state index in [0.29, 0.717) is 17.3 Å². The van der Waals surface area contributed by atoms with Crippen molar-refractivity contribution < 1.29 is 32.7 Å². The predicted molar refractivity (Wildman–Crippen MR) is 133 cm³/mol. The van der Waals surface area contributed by atoms with Crippen molar-refractivity contribution in [2.24, 2.45) is 0 Å². The second-order valence-electron chi connectivity index (χ2n) is 8.66. The lowest BCUT2D eigenvalue weighted by atomic mass is 10.1. The monoisotopic (exact) mass is 524 g/mol. The predicted octanol–water partition coefficient (Wildman–Crippen LogP) is 2.18. The number of aromatic nitrogens is 5. The summed E-state index contributed by atoms with van der Waals surface area (Å²) in [5.74, 6) is -2.14. The number of nitrogens with zero attached hydrogens (tertiary/aromatic N) is 5. The second kappa shape index (κ2) is 10.5. The van der Waals surface area contributed by atoms with Crippen molar-refractivity contribution in [3.63, 3.8) is 0 Å². The molecule has 2 aromatic heterocycles. The summed E-state index contributed by atoms with van der Waals surface area (Å²) in [4.78, 5) is 8.69. The highest BCUT2D eigenvalue weighted by Crippen LogP contribution is 2.44. The number of thioether (sulfide) groups is 1. The van der Waals surface area contributed by atoms with Gasteiger partial charge < -0.3 is 25.4 Å². The molecule has 5 rings (SSSR count). The van der Waals surface area contributed by atoms with Gasteiger partial charge in [0.05, 0.1) is 26.7 Å². The van der Waals surface area contributed by atoms with Gasteiger partial charge in [0, 0.05) is 30.9 Å².